The molecule has 1 rings (SSSR count). The molecule has 1 atom stereocenters. The Morgan fingerprint density at radius 1 is 1.35 bits per heavy atom. The van der Waals surface area contributed by atoms with Crippen LogP contribution in [-0.4, -0.2) is 43.5 Å². The molecule has 3 N–H and O–H groups in total. The van der Waals surface area contributed by atoms with Crippen molar-refractivity contribution in [3.8, 4) is 5.75 Å². The third kappa shape index (κ3) is 7.85. The summed E-state index contributed by atoms with van der Waals surface area (Å²) in [6, 6.07) is 6.81. The Morgan fingerprint density at radius 3 is 2.65 bits per heavy atom. The number of carbonyl (C=O) groups excluding carboxylic acids is 2. The van der Waals surface area contributed by atoms with Crippen molar-refractivity contribution in [2.75, 3.05) is 20.7 Å². The second-order valence-electron chi connectivity index (χ2n) is 5.34. The van der Waals surface area contributed by atoms with E-state index in [0.29, 0.717) is 18.7 Å². The summed E-state index contributed by atoms with van der Waals surface area (Å²) in [6.45, 7) is 2.36. The van der Waals surface area contributed by atoms with Crippen LogP contribution in [0.5, 0.6) is 5.75 Å². The molecule has 0 radical (unpaired) electrons. The third-order valence-corrected chi connectivity index (χ3v) is 3.16. The molecule has 130 valence electrons. The monoisotopic (exact) mass is 343 g/mol. The van der Waals surface area contributed by atoms with E-state index in [-0.39, 0.29) is 30.8 Å². The van der Waals surface area contributed by atoms with Gasteiger partial charge in [-0.25, -0.2) is 0 Å². The smallest absolute Gasteiger partial charge is 0.259 e. The number of amides is 2. The maximum absolute atomic E-state index is 11.8. The highest BCUT2D eigenvalue weighted by Crippen LogP contribution is 2.13. The fraction of sp³-hybridized carbons (Fsp3) is 0.500. The van der Waals surface area contributed by atoms with Crippen molar-refractivity contribution < 1.29 is 14.3 Å². The average molecular weight is 344 g/mol. The Balaban J connectivity index is 0.00000484. The van der Waals surface area contributed by atoms with E-state index in [1.54, 1.807) is 26.2 Å². The molecule has 0 aliphatic heterocycles. The number of nitrogens with zero attached hydrogens (tertiary/aromatic N) is 1. The second-order valence-corrected chi connectivity index (χ2v) is 5.34. The summed E-state index contributed by atoms with van der Waals surface area (Å²) in [7, 11) is 3.36. The molecule has 2 amide bonds. The lowest BCUT2D eigenvalue weighted by atomic mass is 10.1. The number of hydrogen-bond acceptors (Lipinski definition) is 4. The first kappa shape index (κ1) is 21.2. The van der Waals surface area contributed by atoms with Crippen molar-refractivity contribution in [1.29, 1.82) is 0 Å². The minimum Gasteiger partial charge on any atom is -0.484 e. The molecule has 0 saturated heterocycles. The Labute approximate surface area is 143 Å². The first-order valence-electron chi connectivity index (χ1n) is 7.39. The van der Waals surface area contributed by atoms with Crippen LogP contribution >= 0.6 is 12.4 Å². The lowest BCUT2D eigenvalue weighted by molar-refractivity contribution is -0.130. The zero-order chi connectivity index (χ0) is 16.5. The summed E-state index contributed by atoms with van der Waals surface area (Å²) >= 11 is 0. The highest BCUT2D eigenvalue weighted by Gasteiger charge is 2.11. The van der Waals surface area contributed by atoms with Crippen molar-refractivity contribution in [1.82, 2.24) is 10.2 Å². The third-order valence-electron chi connectivity index (χ3n) is 3.16. The zero-order valence-electron chi connectivity index (χ0n) is 13.9. The van der Waals surface area contributed by atoms with Gasteiger partial charge in [-0.15, -0.1) is 12.4 Å². The van der Waals surface area contributed by atoms with E-state index in [1.807, 2.05) is 19.1 Å². The Kier molecular flexibility index (Phi) is 10.0. The first-order valence-corrected chi connectivity index (χ1v) is 7.39. The number of benzene rings is 1. The minimum absolute atomic E-state index is 0. The molecule has 1 unspecified atom stereocenters. The predicted octanol–water partition coefficient (Wildman–Crippen LogP) is 1.32. The van der Waals surface area contributed by atoms with Crippen LogP contribution < -0.4 is 15.8 Å². The fourth-order valence-electron chi connectivity index (χ4n) is 1.78. The summed E-state index contributed by atoms with van der Waals surface area (Å²) in [5, 5.41) is 2.80. The highest BCUT2D eigenvalue weighted by atomic mass is 35.5. The van der Waals surface area contributed by atoms with Gasteiger partial charge in [0.15, 0.2) is 6.61 Å². The van der Waals surface area contributed by atoms with Crippen molar-refractivity contribution in [2.45, 2.75) is 32.4 Å². The van der Waals surface area contributed by atoms with Gasteiger partial charge in [-0.3, -0.25) is 9.59 Å². The largest absolute Gasteiger partial charge is 0.484 e. The molecule has 0 aliphatic rings. The molecule has 23 heavy (non-hydrogen) atoms. The SMILES string of the molecule is CCCC(N)C(=O)NCc1cccc(OCC(=O)N(C)C)c1.Cl. The van der Waals surface area contributed by atoms with Crippen molar-refractivity contribution in [3.63, 3.8) is 0 Å². The van der Waals surface area contributed by atoms with Crippen LogP contribution in [0.2, 0.25) is 0 Å². The van der Waals surface area contributed by atoms with Gasteiger partial charge in [-0.1, -0.05) is 25.5 Å². The lowest BCUT2D eigenvalue weighted by Gasteiger charge is -2.13. The molecule has 0 fully saturated rings. The number of rotatable bonds is 8. The number of nitrogens with two attached hydrogens (primary N) is 1. The summed E-state index contributed by atoms with van der Waals surface area (Å²) in [5.74, 6) is 0.333. The Morgan fingerprint density at radius 2 is 2.04 bits per heavy atom. The normalized spacial score (nSPS) is 11.1. The van der Waals surface area contributed by atoms with E-state index in [4.69, 9.17) is 10.5 Å². The van der Waals surface area contributed by atoms with Gasteiger partial charge in [-0.05, 0) is 24.1 Å². The van der Waals surface area contributed by atoms with Gasteiger partial charge in [0.1, 0.15) is 5.75 Å². The molecular formula is C16H26ClN3O3. The lowest BCUT2D eigenvalue weighted by Crippen LogP contribution is -2.40. The molecule has 0 bridgehead atoms. The highest BCUT2D eigenvalue weighted by molar-refractivity contribution is 5.85. The molecule has 0 aliphatic carbocycles. The Bertz CT molecular complexity index is 509. The molecule has 0 aromatic heterocycles. The van der Waals surface area contributed by atoms with Crippen LogP contribution in [0.3, 0.4) is 0 Å². The van der Waals surface area contributed by atoms with Gasteiger partial charge in [0.25, 0.3) is 5.91 Å². The van der Waals surface area contributed by atoms with Crippen molar-refractivity contribution in [2.24, 2.45) is 5.73 Å². The van der Waals surface area contributed by atoms with E-state index in [1.165, 1.54) is 4.90 Å². The quantitative estimate of drug-likeness (QED) is 0.745. The number of ether oxygens (including phenoxy) is 1. The maximum Gasteiger partial charge on any atom is 0.259 e. The fourth-order valence-corrected chi connectivity index (χ4v) is 1.78. The van der Waals surface area contributed by atoms with Gasteiger partial charge in [0, 0.05) is 20.6 Å². The average Bonchev–Trinajstić information content (AvgIpc) is 2.50. The summed E-state index contributed by atoms with van der Waals surface area (Å²) < 4.78 is 5.43. The van der Waals surface area contributed by atoms with Gasteiger partial charge in [0.2, 0.25) is 5.91 Å². The topological polar surface area (TPSA) is 84.7 Å². The predicted molar refractivity (Wildman–Crippen MR) is 92.6 cm³/mol. The van der Waals surface area contributed by atoms with Crippen molar-refractivity contribution in [3.05, 3.63) is 29.8 Å². The standard InChI is InChI=1S/C16H25N3O3.ClH/c1-4-6-14(17)16(21)18-10-12-7-5-8-13(9-12)22-11-15(20)19(2)3;/h5,7-9,14H,4,6,10-11,17H2,1-3H3,(H,18,21);1H. The van der Waals surface area contributed by atoms with Gasteiger partial charge in [-0.2, -0.15) is 0 Å². The number of carbonyl (C=O) groups is 2. The number of likely N-dealkylation sites (N-methyl/N-ethyl adjacent to an activating group) is 1. The minimum atomic E-state index is -0.470. The molecule has 1 aromatic carbocycles. The summed E-state index contributed by atoms with van der Waals surface area (Å²) in [5.41, 5.74) is 6.65. The number of halogens is 1. The second kappa shape index (κ2) is 10.9. The molecule has 6 nitrogen and oxygen atoms in total. The summed E-state index contributed by atoms with van der Waals surface area (Å²) in [6.07, 6.45) is 1.54. The molecule has 0 heterocycles. The number of hydrogen-bond donors (Lipinski definition) is 2. The van der Waals surface area contributed by atoms with Crippen LogP contribution in [0.25, 0.3) is 0 Å². The van der Waals surface area contributed by atoms with Crippen LogP contribution in [0, 0.1) is 0 Å². The molecule has 7 heteroatoms. The van der Waals surface area contributed by atoms with Gasteiger partial charge < -0.3 is 20.7 Å². The van der Waals surface area contributed by atoms with E-state index >= 15 is 0 Å². The van der Waals surface area contributed by atoms with Crippen LogP contribution in [0.1, 0.15) is 25.3 Å². The maximum atomic E-state index is 11.8. The van der Waals surface area contributed by atoms with E-state index in [2.05, 4.69) is 5.32 Å². The molecular weight excluding hydrogens is 318 g/mol. The van der Waals surface area contributed by atoms with Gasteiger partial charge in [0.05, 0.1) is 6.04 Å². The van der Waals surface area contributed by atoms with Crippen LogP contribution in [0.15, 0.2) is 24.3 Å². The first-order chi connectivity index (χ1) is 10.4. The van der Waals surface area contributed by atoms with E-state index < -0.39 is 6.04 Å². The Hall–Kier alpha value is -1.79. The van der Waals surface area contributed by atoms with Gasteiger partial charge >= 0.3 is 0 Å². The van der Waals surface area contributed by atoms with E-state index in [9.17, 15) is 9.59 Å². The number of nitrogens with one attached hydrogen (secondary N) is 1. The van der Waals surface area contributed by atoms with Crippen molar-refractivity contribution >= 4 is 24.2 Å². The van der Waals surface area contributed by atoms with E-state index in [0.717, 1.165) is 12.0 Å². The zero-order valence-corrected chi connectivity index (χ0v) is 14.7. The van der Waals surface area contributed by atoms with Crippen LogP contribution in [0.4, 0.5) is 0 Å². The molecule has 0 saturated carbocycles. The summed E-state index contributed by atoms with van der Waals surface area (Å²) in [4.78, 5) is 24.7. The van der Waals surface area contributed by atoms with Crippen LogP contribution in [-0.2, 0) is 16.1 Å². The molecule has 0 spiro atoms. The molecule has 1 aromatic rings.